The van der Waals surface area contributed by atoms with Crippen LogP contribution in [0.25, 0.3) is 0 Å². The fourth-order valence-electron chi connectivity index (χ4n) is 1.73. The monoisotopic (exact) mass is 236 g/mol. The topological polar surface area (TPSA) is 20.2 Å². The molecule has 0 radical (unpaired) electrons. The molecule has 0 bridgehead atoms. The van der Waals surface area contributed by atoms with E-state index in [1.165, 1.54) is 12.0 Å². The minimum atomic E-state index is 0.268. The van der Waals surface area contributed by atoms with E-state index in [9.17, 15) is 5.11 Å². The van der Waals surface area contributed by atoms with Crippen LogP contribution in [-0.4, -0.2) is 5.11 Å². The zero-order valence-corrected chi connectivity index (χ0v) is 10.5. The van der Waals surface area contributed by atoms with Gasteiger partial charge in [0.05, 0.1) is 0 Å². The van der Waals surface area contributed by atoms with Crippen LogP contribution in [-0.2, 0) is 6.42 Å². The Balaban J connectivity index is 2.12. The quantitative estimate of drug-likeness (QED) is 0.787. The lowest BCUT2D eigenvalue weighted by Crippen LogP contribution is -1.83. The minimum absolute atomic E-state index is 0.268. The summed E-state index contributed by atoms with van der Waals surface area (Å²) in [4.78, 5) is 0. The first-order valence-electron chi connectivity index (χ1n) is 6.18. The van der Waals surface area contributed by atoms with Gasteiger partial charge in [-0.05, 0) is 48.4 Å². The number of aryl methyl sites for hydroxylation is 1. The normalized spacial score (nSPS) is 9.61. The Labute approximate surface area is 108 Å². The Kier molecular flexibility index (Phi) is 4.04. The molecule has 0 aliphatic heterocycles. The molecule has 90 valence electrons. The summed E-state index contributed by atoms with van der Waals surface area (Å²) < 4.78 is 0. The highest BCUT2D eigenvalue weighted by atomic mass is 16.3. The summed E-state index contributed by atoms with van der Waals surface area (Å²) in [5.74, 6) is 6.46. The summed E-state index contributed by atoms with van der Waals surface area (Å²) in [5, 5.41) is 9.17. The Bertz CT molecular complexity index is 553. The molecule has 2 rings (SSSR count). The van der Waals surface area contributed by atoms with Gasteiger partial charge in [-0.25, -0.2) is 0 Å². The second-order valence-electron chi connectivity index (χ2n) is 4.24. The molecule has 0 saturated carbocycles. The summed E-state index contributed by atoms with van der Waals surface area (Å²) in [6, 6.07) is 15.3. The van der Waals surface area contributed by atoms with Crippen LogP contribution in [0.4, 0.5) is 0 Å². The Hall–Kier alpha value is -2.20. The molecule has 0 aromatic heterocycles. The van der Waals surface area contributed by atoms with Crippen molar-refractivity contribution < 1.29 is 5.11 Å². The number of aromatic hydroxyl groups is 1. The summed E-state index contributed by atoms with van der Waals surface area (Å²) >= 11 is 0. The van der Waals surface area contributed by atoms with Gasteiger partial charge in [-0.1, -0.05) is 37.3 Å². The van der Waals surface area contributed by atoms with Crippen LogP contribution in [0, 0.1) is 11.8 Å². The van der Waals surface area contributed by atoms with Gasteiger partial charge in [-0.15, -0.1) is 0 Å². The van der Waals surface area contributed by atoms with Crippen LogP contribution >= 0.6 is 0 Å². The van der Waals surface area contributed by atoms with Gasteiger partial charge >= 0.3 is 0 Å². The third kappa shape index (κ3) is 3.40. The van der Waals surface area contributed by atoms with E-state index >= 15 is 0 Å². The lowest BCUT2D eigenvalue weighted by atomic mass is 10.1. The Morgan fingerprint density at radius 3 is 1.83 bits per heavy atom. The lowest BCUT2D eigenvalue weighted by Gasteiger charge is -1.97. The first-order valence-corrected chi connectivity index (χ1v) is 6.18. The molecule has 0 atom stereocenters. The van der Waals surface area contributed by atoms with Crippen molar-refractivity contribution in [3.8, 4) is 17.6 Å². The Morgan fingerprint density at radius 1 is 0.833 bits per heavy atom. The van der Waals surface area contributed by atoms with Gasteiger partial charge < -0.3 is 5.11 Å². The molecular weight excluding hydrogens is 220 g/mol. The molecule has 1 heteroatoms. The average Bonchev–Trinajstić information content (AvgIpc) is 2.40. The van der Waals surface area contributed by atoms with E-state index in [4.69, 9.17) is 0 Å². The van der Waals surface area contributed by atoms with Gasteiger partial charge in [0.15, 0.2) is 0 Å². The summed E-state index contributed by atoms with van der Waals surface area (Å²) in [6.07, 6.45) is 2.28. The van der Waals surface area contributed by atoms with E-state index < -0.39 is 0 Å². The van der Waals surface area contributed by atoms with Crippen LogP contribution in [0.5, 0.6) is 5.75 Å². The maximum absolute atomic E-state index is 9.17. The summed E-state index contributed by atoms with van der Waals surface area (Å²) in [6.45, 7) is 2.18. The molecule has 2 aromatic rings. The van der Waals surface area contributed by atoms with Crippen LogP contribution in [0.15, 0.2) is 48.5 Å². The van der Waals surface area contributed by atoms with Gasteiger partial charge in [0.2, 0.25) is 0 Å². The summed E-state index contributed by atoms with van der Waals surface area (Å²) in [5.41, 5.74) is 3.28. The fourth-order valence-corrected chi connectivity index (χ4v) is 1.73. The van der Waals surface area contributed by atoms with Gasteiger partial charge in [-0.2, -0.15) is 0 Å². The molecule has 2 aromatic carbocycles. The molecule has 18 heavy (non-hydrogen) atoms. The maximum Gasteiger partial charge on any atom is 0.115 e. The molecule has 0 heterocycles. The average molecular weight is 236 g/mol. The number of rotatable bonds is 2. The van der Waals surface area contributed by atoms with Crippen molar-refractivity contribution in [2.45, 2.75) is 19.8 Å². The van der Waals surface area contributed by atoms with E-state index in [1.54, 1.807) is 12.1 Å². The summed E-state index contributed by atoms with van der Waals surface area (Å²) in [7, 11) is 0. The van der Waals surface area contributed by atoms with Crippen molar-refractivity contribution in [1.29, 1.82) is 0 Å². The zero-order valence-electron chi connectivity index (χ0n) is 10.5. The van der Waals surface area contributed by atoms with Crippen LogP contribution in [0.1, 0.15) is 30.0 Å². The van der Waals surface area contributed by atoms with Crippen molar-refractivity contribution in [2.75, 3.05) is 0 Å². The number of hydrogen-bond acceptors (Lipinski definition) is 1. The lowest BCUT2D eigenvalue weighted by molar-refractivity contribution is 0.475. The van der Waals surface area contributed by atoms with E-state index in [2.05, 4.69) is 43.0 Å². The highest BCUT2D eigenvalue weighted by Crippen LogP contribution is 2.09. The maximum atomic E-state index is 9.17. The molecule has 0 unspecified atom stereocenters. The molecule has 0 fully saturated rings. The minimum Gasteiger partial charge on any atom is -0.508 e. The smallest absolute Gasteiger partial charge is 0.115 e. The van der Waals surface area contributed by atoms with Gasteiger partial charge in [0.1, 0.15) is 5.75 Å². The molecule has 0 aliphatic rings. The van der Waals surface area contributed by atoms with Gasteiger partial charge in [0, 0.05) is 11.1 Å². The first kappa shape index (κ1) is 12.3. The SMILES string of the molecule is CCCc1ccc(C#Cc2ccc(O)cc2)cc1. The number of benzene rings is 2. The van der Waals surface area contributed by atoms with Crippen LogP contribution in [0.2, 0.25) is 0 Å². The third-order valence-electron chi connectivity index (χ3n) is 2.71. The predicted octanol–water partition coefficient (Wildman–Crippen LogP) is 3.74. The zero-order chi connectivity index (χ0) is 12.8. The second kappa shape index (κ2) is 5.93. The Morgan fingerprint density at radius 2 is 1.33 bits per heavy atom. The highest BCUT2D eigenvalue weighted by molar-refractivity contribution is 5.44. The van der Waals surface area contributed by atoms with E-state index in [0.29, 0.717) is 0 Å². The number of phenols is 1. The van der Waals surface area contributed by atoms with E-state index in [1.807, 2.05) is 12.1 Å². The first-order chi connectivity index (χ1) is 8.78. The van der Waals surface area contributed by atoms with Gasteiger partial charge in [0.25, 0.3) is 0 Å². The molecule has 0 aliphatic carbocycles. The van der Waals surface area contributed by atoms with Crippen molar-refractivity contribution in [2.24, 2.45) is 0 Å². The molecule has 1 N–H and O–H groups in total. The van der Waals surface area contributed by atoms with Crippen molar-refractivity contribution >= 4 is 0 Å². The third-order valence-corrected chi connectivity index (χ3v) is 2.71. The van der Waals surface area contributed by atoms with Gasteiger partial charge in [-0.3, -0.25) is 0 Å². The second-order valence-corrected chi connectivity index (χ2v) is 4.24. The fraction of sp³-hybridized carbons (Fsp3) is 0.176. The standard InChI is InChI=1S/C17H16O/c1-2-3-14-4-6-15(7-5-14)8-9-16-10-12-17(18)13-11-16/h4-7,10-13,18H,2-3H2,1H3. The highest BCUT2D eigenvalue weighted by Gasteiger charge is 1.91. The van der Waals surface area contributed by atoms with E-state index in [-0.39, 0.29) is 5.75 Å². The van der Waals surface area contributed by atoms with Crippen molar-refractivity contribution in [3.63, 3.8) is 0 Å². The molecular formula is C17H16O. The van der Waals surface area contributed by atoms with Crippen molar-refractivity contribution in [1.82, 2.24) is 0 Å². The molecule has 0 saturated heterocycles. The molecule has 1 nitrogen and oxygen atoms in total. The number of phenolic OH excluding ortho intramolecular Hbond substituents is 1. The predicted molar refractivity (Wildman–Crippen MR) is 74.5 cm³/mol. The van der Waals surface area contributed by atoms with Crippen molar-refractivity contribution in [3.05, 3.63) is 65.2 Å². The molecule has 0 spiro atoms. The van der Waals surface area contributed by atoms with E-state index in [0.717, 1.165) is 17.5 Å². The number of hydrogen-bond donors (Lipinski definition) is 1. The van der Waals surface area contributed by atoms with Crippen LogP contribution < -0.4 is 0 Å². The van der Waals surface area contributed by atoms with Crippen LogP contribution in [0.3, 0.4) is 0 Å². The molecule has 0 amide bonds. The largest absolute Gasteiger partial charge is 0.508 e.